The van der Waals surface area contributed by atoms with Gasteiger partial charge in [0.15, 0.2) is 5.78 Å². The van der Waals surface area contributed by atoms with E-state index in [1.807, 2.05) is 24.3 Å². The van der Waals surface area contributed by atoms with E-state index in [-0.39, 0.29) is 11.5 Å². The van der Waals surface area contributed by atoms with Crippen LogP contribution in [0.25, 0.3) is 11.6 Å². The first-order valence-electron chi connectivity index (χ1n) is 6.17. The van der Waals surface area contributed by atoms with E-state index in [0.29, 0.717) is 15.4 Å². The minimum absolute atomic E-state index is 0.132. The van der Waals surface area contributed by atoms with Gasteiger partial charge in [0.05, 0.1) is 8.95 Å². The molecule has 0 spiro atoms. The minimum atomic E-state index is 0.132. The van der Waals surface area contributed by atoms with Gasteiger partial charge in [-0.3, -0.25) is 4.79 Å². The van der Waals surface area contributed by atoms with Crippen molar-refractivity contribution in [3.05, 3.63) is 59.5 Å². The number of aromatic hydroxyl groups is 1. The first kappa shape index (κ1) is 15.2. The van der Waals surface area contributed by atoms with Gasteiger partial charge in [-0.25, -0.2) is 0 Å². The maximum Gasteiger partial charge on any atom is 0.167 e. The average molecular weight is 520 g/mol. The molecule has 2 nitrogen and oxygen atoms in total. The summed E-state index contributed by atoms with van der Waals surface area (Å²) in [4.78, 5) is 12.2. The fourth-order valence-corrected chi connectivity index (χ4v) is 4.08. The number of carbonyl (C=O) groups excluding carboxylic acids is 1. The van der Waals surface area contributed by atoms with Crippen LogP contribution in [0.5, 0.6) is 5.75 Å². The summed E-state index contributed by atoms with van der Waals surface area (Å²) in [5.41, 5.74) is 3.67. The van der Waals surface area contributed by atoms with E-state index in [1.165, 1.54) is 0 Å². The molecule has 0 heterocycles. The SMILES string of the molecule is O=C1Cc2ccc(I)cc2/C1=C/c1cc(Br)c(O)c(Br)c1. The number of fused-ring (bicyclic) bond motifs is 1. The highest BCUT2D eigenvalue weighted by Gasteiger charge is 2.24. The topological polar surface area (TPSA) is 37.3 Å². The number of phenols is 1. The van der Waals surface area contributed by atoms with Gasteiger partial charge in [0.2, 0.25) is 0 Å². The monoisotopic (exact) mass is 518 g/mol. The summed E-state index contributed by atoms with van der Waals surface area (Å²) in [6.07, 6.45) is 2.33. The van der Waals surface area contributed by atoms with Crippen molar-refractivity contribution >= 4 is 71.9 Å². The zero-order chi connectivity index (χ0) is 15.1. The number of halogens is 3. The zero-order valence-corrected chi connectivity index (χ0v) is 16.0. The molecule has 0 unspecified atom stereocenters. The third kappa shape index (κ3) is 2.96. The lowest BCUT2D eigenvalue weighted by molar-refractivity contribution is -0.112. The fraction of sp³-hybridized carbons (Fsp3) is 0.0625. The molecule has 0 aliphatic heterocycles. The quantitative estimate of drug-likeness (QED) is 0.416. The molecule has 21 heavy (non-hydrogen) atoms. The lowest BCUT2D eigenvalue weighted by atomic mass is 10.0. The van der Waals surface area contributed by atoms with Crippen molar-refractivity contribution < 1.29 is 9.90 Å². The van der Waals surface area contributed by atoms with Crippen LogP contribution < -0.4 is 0 Å². The Morgan fingerprint density at radius 2 is 1.81 bits per heavy atom. The number of hydrogen-bond acceptors (Lipinski definition) is 2. The second-order valence-corrected chi connectivity index (χ2v) is 7.75. The highest BCUT2D eigenvalue weighted by molar-refractivity contribution is 14.1. The number of ketones is 1. The Morgan fingerprint density at radius 1 is 1.14 bits per heavy atom. The molecule has 0 saturated heterocycles. The standard InChI is InChI=1S/C16H9Br2IO2/c17-13-4-8(5-14(18)16(13)21)3-12-11-7-10(19)2-1-9(11)6-15(12)20/h1-5,7,21H,6H2/b12-3-. The normalized spacial score (nSPS) is 15.6. The van der Waals surface area contributed by atoms with Crippen molar-refractivity contribution in [3.8, 4) is 5.75 Å². The van der Waals surface area contributed by atoms with Crippen LogP contribution in [0.4, 0.5) is 0 Å². The van der Waals surface area contributed by atoms with E-state index in [2.05, 4.69) is 54.5 Å². The van der Waals surface area contributed by atoms with E-state index in [1.54, 1.807) is 12.1 Å². The minimum Gasteiger partial charge on any atom is -0.506 e. The molecule has 106 valence electrons. The van der Waals surface area contributed by atoms with Crippen molar-refractivity contribution in [3.63, 3.8) is 0 Å². The lowest BCUT2D eigenvalue weighted by Crippen LogP contribution is -1.93. The van der Waals surface area contributed by atoms with Gasteiger partial charge in [-0.15, -0.1) is 0 Å². The zero-order valence-electron chi connectivity index (χ0n) is 10.7. The second kappa shape index (κ2) is 5.85. The molecule has 0 amide bonds. The van der Waals surface area contributed by atoms with E-state index >= 15 is 0 Å². The Bertz CT molecular complexity index is 774. The molecular weight excluding hydrogens is 511 g/mol. The Kier molecular flexibility index (Phi) is 4.25. The molecule has 1 N–H and O–H groups in total. The molecule has 0 saturated carbocycles. The Labute approximate surface area is 152 Å². The summed E-state index contributed by atoms with van der Waals surface area (Å²) >= 11 is 8.87. The predicted molar refractivity (Wildman–Crippen MR) is 99.2 cm³/mol. The van der Waals surface area contributed by atoms with Crippen molar-refractivity contribution in [2.45, 2.75) is 6.42 Å². The molecular formula is C16H9Br2IO2. The summed E-state index contributed by atoms with van der Waals surface area (Å²) in [7, 11) is 0. The molecule has 1 aliphatic rings. The van der Waals surface area contributed by atoms with Crippen molar-refractivity contribution in [2.75, 3.05) is 0 Å². The summed E-state index contributed by atoms with van der Waals surface area (Å²) < 4.78 is 2.30. The Morgan fingerprint density at radius 3 is 2.48 bits per heavy atom. The molecule has 1 aliphatic carbocycles. The maximum absolute atomic E-state index is 12.2. The van der Waals surface area contributed by atoms with Gasteiger partial charge in [-0.1, -0.05) is 6.07 Å². The highest BCUT2D eigenvalue weighted by Crippen LogP contribution is 2.36. The summed E-state index contributed by atoms with van der Waals surface area (Å²) in [5, 5.41) is 9.76. The molecule has 0 atom stereocenters. The smallest absolute Gasteiger partial charge is 0.167 e. The average Bonchev–Trinajstić information content (AvgIpc) is 2.72. The van der Waals surface area contributed by atoms with Crippen LogP contribution in [0, 0.1) is 3.57 Å². The van der Waals surface area contributed by atoms with Gasteiger partial charge in [-0.2, -0.15) is 0 Å². The number of benzene rings is 2. The third-order valence-electron chi connectivity index (χ3n) is 3.36. The first-order valence-corrected chi connectivity index (χ1v) is 8.84. The predicted octanol–water partition coefficient (Wildman–Crippen LogP) is 5.19. The summed E-state index contributed by atoms with van der Waals surface area (Å²) in [6.45, 7) is 0. The molecule has 0 radical (unpaired) electrons. The fourth-order valence-electron chi connectivity index (χ4n) is 2.37. The third-order valence-corrected chi connectivity index (χ3v) is 5.24. The van der Waals surface area contributed by atoms with Crippen LogP contribution in [0.2, 0.25) is 0 Å². The number of allylic oxidation sites excluding steroid dienone is 1. The van der Waals surface area contributed by atoms with Crippen LogP contribution in [0.1, 0.15) is 16.7 Å². The van der Waals surface area contributed by atoms with Gasteiger partial charge in [0.1, 0.15) is 5.75 Å². The van der Waals surface area contributed by atoms with Gasteiger partial charge < -0.3 is 5.11 Å². The second-order valence-electron chi connectivity index (χ2n) is 4.79. The molecule has 5 heteroatoms. The van der Waals surface area contributed by atoms with Crippen molar-refractivity contribution in [1.82, 2.24) is 0 Å². The number of rotatable bonds is 1. The molecule has 0 bridgehead atoms. The number of Topliss-reactive ketones (excluding diaryl/α,β-unsaturated/α-hetero) is 1. The van der Waals surface area contributed by atoms with Gasteiger partial charge in [-0.05, 0) is 101 Å². The number of phenolic OH excluding ortho intramolecular Hbond substituents is 1. The van der Waals surface area contributed by atoms with Crippen LogP contribution >= 0.6 is 54.5 Å². The van der Waals surface area contributed by atoms with E-state index in [4.69, 9.17) is 0 Å². The van der Waals surface area contributed by atoms with Crippen molar-refractivity contribution in [2.24, 2.45) is 0 Å². The number of hydrogen-bond donors (Lipinski definition) is 1. The van der Waals surface area contributed by atoms with Gasteiger partial charge >= 0.3 is 0 Å². The highest BCUT2D eigenvalue weighted by atomic mass is 127. The molecule has 0 fully saturated rings. The molecule has 2 aromatic rings. The largest absolute Gasteiger partial charge is 0.506 e. The van der Waals surface area contributed by atoms with Gasteiger partial charge in [0, 0.05) is 15.6 Å². The summed E-state index contributed by atoms with van der Waals surface area (Å²) in [5.74, 6) is 0.289. The van der Waals surface area contributed by atoms with Gasteiger partial charge in [0.25, 0.3) is 0 Å². The molecule has 0 aromatic heterocycles. The van der Waals surface area contributed by atoms with Crippen molar-refractivity contribution in [1.29, 1.82) is 0 Å². The van der Waals surface area contributed by atoms with Crippen LogP contribution in [-0.4, -0.2) is 10.9 Å². The van der Waals surface area contributed by atoms with E-state index < -0.39 is 0 Å². The Balaban J connectivity index is 2.13. The maximum atomic E-state index is 12.2. The van der Waals surface area contributed by atoms with Crippen LogP contribution in [-0.2, 0) is 11.2 Å². The van der Waals surface area contributed by atoms with Crippen LogP contribution in [0.15, 0.2) is 39.3 Å². The number of carbonyl (C=O) groups is 1. The molecule has 2 aromatic carbocycles. The first-order chi connectivity index (χ1) is 9.95. The lowest BCUT2D eigenvalue weighted by Gasteiger charge is -2.05. The van der Waals surface area contributed by atoms with Crippen LogP contribution in [0.3, 0.4) is 0 Å². The molecule has 3 rings (SSSR count). The van der Waals surface area contributed by atoms with E-state index in [0.717, 1.165) is 25.8 Å². The Hall–Kier alpha value is -0.660. The van der Waals surface area contributed by atoms with E-state index in [9.17, 15) is 9.90 Å². The summed E-state index contributed by atoms with van der Waals surface area (Å²) in [6, 6.07) is 9.66.